The summed E-state index contributed by atoms with van der Waals surface area (Å²) in [6, 6.07) is 16.3. The van der Waals surface area contributed by atoms with E-state index in [0.717, 1.165) is 32.5 Å². The van der Waals surface area contributed by atoms with Gasteiger partial charge in [0, 0.05) is 31.2 Å². The molecule has 0 atom stereocenters. The lowest BCUT2D eigenvalue weighted by atomic mass is 10.1. The maximum absolute atomic E-state index is 12.5. The average Bonchev–Trinajstić information content (AvgIpc) is 2.64. The van der Waals surface area contributed by atoms with Crippen LogP contribution in [0.25, 0.3) is 0 Å². The molecule has 2 aromatic carbocycles. The minimum absolute atomic E-state index is 0. The van der Waals surface area contributed by atoms with Gasteiger partial charge in [-0.15, -0.1) is 12.4 Å². The molecule has 2 aromatic rings. The third-order valence-corrected chi connectivity index (χ3v) is 6.27. The van der Waals surface area contributed by atoms with Crippen molar-refractivity contribution >= 4 is 28.2 Å². The summed E-state index contributed by atoms with van der Waals surface area (Å²) < 4.78 is 27.9. The Morgan fingerprint density at radius 2 is 1.63 bits per heavy atom. The van der Waals surface area contributed by atoms with Crippen LogP contribution in [0.2, 0.25) is 0 Å². The zero-order valence-electron chi connectivity index (χ0n) is 15.3. The first-order valence-electron chi connectivity index (χ1n) is 8.84. The van der Waals surface area contributed by atoms with Crippen molar-refractivity contribution in [2.45, 2.75) is 37.2 Å². The van der Waals surface area contributed by atoms with Crippen LogP contribution in [-0.4, -0.2) is 38.2 Å². The molecule has 0 unspecified atom stereocenters. The van der Waals surface area contributed by atoms with Crippen LogP contribution in [0.4, 0.5) is 0 Å². The van der Waals surface area contributed by atoms with Gasteiger partial charge in [-0.25, -0.2) is 13.1 Å². The molecule has 1 aliphatic heterocycles. The third-order valence-electron chi connectivity index (χ3n) is 4.73. The molecule has 1 fully saturated rings. The molecule has 27 heavy (non-hydrogen) atoms. The van der Waals surface area contributed by atoms with E-state index in [2.05, 4.69) is 21.8 Å². The van der Waals surface area contributed by atoms with E-state index >= 15 is 0 Å². The fraction of sp³-hybridized carbons (Fsp3) is 0.350. The lowest BCUT2D eigenvalue weighted by Crippen LogP contribution is -2.44. The SMILES string of the molecule is CC(=O)c1ccc(S(=O)(=O)NC2CCN(Cc3ccccc3)CC2)cc1.Cl. The molecule has 1 saturated heterocycles. The Bertz CT molecular complexity index is 847. The number of likely N-dealkylation sites (tertiary alicyclic amines) is 1. The number of hydrogen-bond donors (Lipinski definition) is 1. The predicted molar refractivity (Wildman–Crippen MR) is 109 cm³/mol. The number of nitrogens with one attached hydrogen (secondary N) is 1. The van der Waals surface area contributed by atoms with Gasteiger partial charge in [0.15, 0.2) is 5.78 Å². The van der Waals surface area contributed by atoms with Crippen LogP contribution >= 0.6 is 12.4 Å². The van der Waals surface area contributed by atoms with Gasteiger partial charge in [0.2, 0.25) is 10.0 Å². The highest BCUT2D eigenvalue weighted by Crippen LogP contribution is 2.17. The van der Waals surface area contributed by atoms with Gasteiger partial charge < -0.3 is 0 Å². The Hall–Kier alpha value is -1.73. The van der Waals surface area contributed by atoms with E-state index in [4.69, 9.17) is 0 Å². The Balaban J connectivity index is 0.00000261. The van der Waals surface area contributed by atoms with Crippen molar-refractivity contribution < 1.29 is 13.2 Å². The maximum Gasteiger partial charge on any atom is 0.240 e. The first-order valence-corrected chi connectivity index (χ1v) is 10.3. The molecule has 5 nitrogen and oxygen atoms in total. The number of carbonyl (C=O) groups is 1. The molecule has 0 aliphatic carbocycles. The molecular formula is C20H25ClN2O3S. The summed E-state index contributed by atoms with van der Waals surface area (Å²) in [6.07, 6.45) is 1.58. The quantitative estimate of drug-likeness (QED) is 0.745. The molecule has 0 radical (unpaired) electrons. The molecule has 0 amide bonds. The van der Waals surface area contributed by atoms with Gasteiger partial charge in [-0.3, -0.25) is 9.69 Å². The number of rotatable bonds is 6. The zero-order valence-corrected chi connectivity index (χ0v) is 16.9. The number of piperidine rings is 1. The molecule has 1 heterocycles. The highest BCUT2D eigenvalue weighted by molar-refractivity contribution is 7.89. The van der Waals surface area contributed by atoms with Gasteiger partial charge in [0.1, 0.15) is 0 Å². The van der Waals surface area contributed by atoms with E-state index in [1.807, 2.05) is 18.2 Å². The van der Waals surface area contributed by atoms with Gasteiger partial charge >= 0.3 is 0 Å². The number of hydrogen-bond acceptors (Lipinski definition) is 4. The first kappa shape index (κ1) is 21.6. The summed E-state index contributed by atoms with van der Waals surface area (Å²) >= 11 is 0. The van der Waals surface area contributed by atoms with Gasteiger partial charge in [-0.05, 0) is 37.5 Å². The zero-order chi connectivity index (χ0) is 18.6. The number of carbonyl (C=O) groups excluding carboxylic acids is 1. The lowest BCUT2D eigenvalue weighted by Gasteiger charge is -2.32. The van der Waals surface area contributed by atoms with Crippen molar-refractivity contribution in [2.24, 2.45) is 0 Å². The molecular weight excluding hydrogens is 384 g/mol. The van der Waals surface area contributed by atoms with E-state index in [1.54, 1.807) is 12.1 Å². The second-order valence-corrected chi connectivity index (χ2v) is 8.45. The second kappa shape index (κ2) is 9.46. The Labute approximate surface area is 167 Å². The van der Waals surface area contributed by atoms with Crippen molar-refractivity contribution in [1.82, 2.24) is 9.62 Å². The summed E-state index contributed by atoms with van der Waals surface area (Å²) in [5.41, 5.74) is 1.79. The normalized spacial score (nSPS) is 15.9. The fourth-order valence-electron chi connectivity index (χ4n) is 3.21. The minimum Gasteiger partial charge on any atom is -0.299 e. The molecule has 1 N–H and O–H groups in total. The average molecular weight is 409 g/mol. The standard InChI is InChI=1S/C20H24N2O3S.ClH/c1-16(23)18-7-9-20(10-8-18)26(24,25)21-19-11-13-22(14-12-19)15-17-5-3-2-4-6-17;/h2-10,19,21H,11-15H2,1H3;1H. The van der Waals surface area contributed by atoms with Crippen LogP contribution < -0.4 is 4.72 Å². The summed E-state index contributed by atoms with van der Waals surface area (Å²) in [7, 11) is -3.56. The van der Waals surface area contributed by atoms with Crippen LogP contribution in [0.15, 0.2) is 59.5 Å². The van der Waals surface area contributed by atoms with Gasteiger partial charge in [-0.1, -0.05) is 42.5 Å². The third kappa shape index (κ3) is 5.87. The predicted octanol–water partition coefficient (Wildman–Crippen LogP) is 3.25. The largest absolute Gasteiger partial charge is 0.299 e. The lowest BCUT2D eigenvalue weighted by molar-refractivity contribution is 0.101. The highest BCUT2D eigenvalue weighted by atomic mass is 35.5. The van der Waals surface area contributed by atoms with Crippen molar-refractivity contribution in [1.29, 1.82) is 0 Å². The second-order valence-electron chi connectivity index (χ2n) is 6.74. The number of sulfonamides is 1. The van der Waals surface area contributed by atoms with Crippen molar-refractivity contribution in [2.75, 3.05) is 13.1 Å². The topological polar surface area (TPSA) is 66.5 Å². The van der Waals surface area contributed by atoms with E-state index in [9.17, 15) is 13.2 Å². The molecule has 1 aliphatic rings. The van der Waals surface area contributed by atoms with Crippen LogP contribution in [0.1, 0.15) is 35.7 Å². The first-order chi connectivity index (χ1) is 12.4. The maximum atomic E-state index is 12.5. The molecule has 0 aromatic heterocycles. The van der Waals surface area contributed by atoms with Crippen molar-refractivity contribution in [3.63, 3.8) is 0 Å². The summed E-state index contributed by atoms with van der Waals surface area (Å²) in [6.45, 7) is 4.09. The molecule has 7 heteroatoms. The number of ketones is 1. The van der Waals surface area contributed by atoms with Crippen LogP contribution in [0, 0.1) is 0 Å². The molecule has 0 bridgehead atoms. The Morgan fingerprint density at radius 1 is 1.04 bits per heavy atom. The monoisotopic (exact) mass is 408 g/mol. The van der Waals surface area contributed by atoms with E-state index in [0.29, 0.717) is 5.56 Å². The van der Waals surface area contributed by atoms with Crippen LogP contribution in [-0.2, 0) is 16.6 Å². The number of benzene rings is 2. The molecule has 0 spiro atoms. The summed E-state index contributed by atoms with van der Waals surface area (Å²) in [5.74, 6) is -0.0762. The molecule has 146 valence electrons. The molecule has 3 rings (SSSR count). The van der Waals surface area contributed by atoms with Crippen LogP contribution in [0.3, 0.4) is 0 Å². The Kier molecular flexibility index (Phi) is 7.56. The van der Waals surface area contributed by atoms with E-state index in [1.165, 1.54) is 24.6 Å². The van der Waals surface area contributed by atoms with Crippen molar-refractivity contribution in [3.05, 3.63) is 65.7 Å². The number of halogens is 1. The van der Waals surface area contributed by atoms with Gasteiger partial charge in [-0.2, -0.15) is 0 Å². The van der Waals surface area contributed by atoms with E-state index < -0.39 is 10.0 Å². The minimum atomic E-state index is -3.56. The van der Waals surface area contributed by atoms with Gasteiger partial charge in [0.05, 0.1) is 4.90 Å². The number of nitrogens with zero attached hydrogens (tertiary/aromatic N) is 1. The highest BCUT2D eigenvalue weighted by Gasteiger charge is 2.24. The fourth-order valence-corrected chi connectivity index (χ4v) is 4.51. The van der Waals surface area contributed by atoms with Gasteiger partial charge in [0.25, 0.3) is 0 Å². The summed E-state index contributed by atoms with van der Waals surface area (Å²) in [4.78, 5) is 13.9. The number of Topliss-reactive ketones (excluding diaryl/α,β-unsaturated/α-hetero) is 1. The Morgan fingerprint density at radius 3 is 2.19 bits per heavy atom. The summed E-state index contributed by atoms with van der Waals surface area (Å²) in [5, 5.41) is 0. The van der Waals surface area contributed by atoms with E-state index in [-0.39, 0.29) is 29.1 Å². The molecule has 0 saturated carbocycles. The van der Waals surface area contributed by atoms with Crippen molar-refractivity contribution in [3.8, 4) is 0 Å². The smallest absolute Gasteiger partial charge is 0.240 e. The van der Waals surface area contributed by atoms with Crippen LogP contribution in [0.5, 0.6) is 0 Å².